The summed E-state index contributed by atoms with van der Waals surface area (Å²) in [5, 5.41) is 3.47. The zero-order chi connectivity index (χ0) is 15.2. The number of benzene rings is 2. The number of nitrogens with one attached hydrogen (secondary N) is 1. The summed E-state index contributed by atoms with van der Waals surface area (Å²) >= 11 is 0. The van der Waals surface area contributed by atoms with Crippen molar-refractivity contribution in [2.45, 2.75) is 26.8 Å². The molecular weight excluding hydrogens is 256 g/mol. The van der Waals surface area contributed by atoms with Crippen LogP contribution >= 0.6 is 0 Å². The van der Waals surface area contributed by atoms with Crippen molar-refractivity contribution in [1.29, 1.82) is 0 Å². The zero-order valence-corrected chi connectivity index (χ0v) is 13.6. The lowest BCUT2D eigenvalue weighted by molar-refractivity contribution is 0.574. The Morgan fingerprint density at radius 2 is 1.76 bits per heavy atom. The van der Waals surface area contributed by atoms with Crippen molar-refractivity contribution in [3.05, 3.63) is 65.2 Å². The van der Waals surface area contributed by atoms with Crippen molar-refractivity contribution in [1.82, 2.24) is 5.32 Å². The van der Waals surface area contributed by atoms with Gasteiger partial charge in [-0.05, 0) is 51.1 Å². The van der Waals surface area contributed by atoms with Crippen molar-refractivity contribution in [2.75, 3.05) is 25.0 Å². The van der Waals surface area contributed by atoms with Crippen molar-refractivity contribution in [3.63, 3.8) is 0 Å². The van der Waals surface area contributed by atoms with E-state index in [1.807, 2.05) is 7.05 Å². The number of nitrogens with zero attached hydrogens (tertiary/aromatic N) is 1. The van der Waals surface area contributed by atoms with Crippen LogP contribution in [-0.4, -0.2) is 20.1 Å². The summed E-state index contributed by atoms with van der Waals surface area (Å²) in [6.45, 7) is 8.54. The Hall–Kier alpha value is -1.80. The molecule has 0 amide bonds. The van der Waals surface area contributed by atoms with Gasteiger partial charge in [0.05, 0.1) is 0 Å². The van der Waals surface area contributed by atoms with E-state index in [0.717, 1.165) is 13.1 Å². The highest BCUT2D eigenvalue weighted by Crippen LogP contribution is 2.22. The van der Waals surface area contributed by atoms with Crippen LogP contribution in [0.5, 0.6) is 0 Å². The number of likely N-dealkylation sites (N-methyl/N-ethyl adjacent to an activating group) is 2. The standard InChI is InChI=1S/C19H26N2/c1-5-21(17-9-7-6-8-10-17)14-19(20-4)18-12-11-15(2)13-16(18)3/h6-13,19-20H,5,14H2,1-4H3. The zero-order valence-electron chi connectivity index (χ0n) is 13.6. The highest BCUT2D eigenvalue weighted by atomic mass is 15.1. The van der Waals surface area contributed by atoms with E-state index in [2.05, 4.69) is 79.5 Å². The Bertz CT molecular complexity index is 563. The molecule has 2 nitrogen and oxygen atoms in total. The van der Waals surface area contributed by atoms with E-state index < -0.39 is 0 Å². The second kappa shape index (κ2) is 7.28. The summed E-state index contributed by atoms with van der Waals surface area (Å²) in [6, 6.07) is 17.7. The SMILES string of the molecule is CCN(CC(NC)c1ccc(C)cc1C)c1ccccc1. The molecule has 21 heavy (non-hydrogen) atoms. The molecule has 1 unspecified atom stereocenters. The van der Waals surface area contributed by atoms with Crippen LogP contribution in [0.3, 0.4) is 0 Å². The van der Waals surface area contributed by atoms with Crippen LogP contribution in [0.25, 0.3) is 0 Å². The third-order valence-electron chi connectivity index (χ3n) is 4.06. The van der Waals surface area contributed by atoms with Gasteiger partial charge in [0.2, 0.25) is 0 Å². The van der Waals surface area contributed by atoms with Gasteiger partial charge in [-0.1, -0.05) is 42.0 Å². The molecule has 0 saturated heterocycles. The van der Waals surface area contributed by atoms with Gasteiger partial charge in [-0.25, -0.2) is 0 Å². The molecular formula is C19H26N2. The molecule has 1 N–H and O–H groups in total. The van der Waals surface area contributed by atoms with Gasteiger partial charge in [-0.15, -0.1) is 0 Å². The second-order valence-corrected chi connectivity index (χ2v) is 5.58. The summed E-state index contributed by atoms with van der Waals surface area (Å²) in [5.41, 5.74) is 5.35. The quantitative estimate of drug-likeness (QED) is 0.858. The van der Waals surface area contributed by atoms with Gasteiger partial charge >= 0.3 is 0 Å². The van der Waals surface area contributed by atoms with Crippen LogP contribution in [-0.2, 0) is 0 Å². The van der Waals surface area contributed by atoms with Crippen LogP contribution < -0.4 is 10.2 Å². The van der Waals surface area contributed by atoms with Gasteiger partial charge in [0.25, 0.3) is 0 Å². The van der Waals surface area contributed by atoms with E-state index in [4.69, 9.17) is 0 Å². The smallest absolute Gasteiger partial charge is 0.0498 e. The van der Waals surface area contributed by atoms with Crippen LogP contribution in [0, 0.1) is 13.8 Å². The predicted molar refractivity (Wildman–Crippen MR) is 92.0 cm³/mol. The van der Waals surface area contributed by atoms with E-state index in [1.54, 1.807) is 0 Å². The summed E-state index contributed by atoms with van der Waals surface area (Å²) in [6.07, 6.45) is 0. The summed E-state index contributed by atoms with van der Waals surface area (Å²) in [4.78, 5) is 2.42. The fraction of sp³-hybridized carbons (Fsp3) is 0.368. The van der Waals surface area contributed by atoms with Gasteiger partial charge in [0, 0.05) is 24.8 Å². The molecule has 0 fully saturated rings. The molecule has 0 heterocycles. The van der Waals surface area contributed by atoms with E-state index >= 15 is 0 Å². The molecule has 112 valence electrons. The Labute approximate surface area is 128 Å². The van der Waals surface area contributed by atoms with E-state index in [-0.39, 0.29) is 0 Å². The maximum atomic E-state index is 3.47. The molecule has 0 aliphatic rings. The fourth-order valence-corrected chi connectivity index (χ4v) is 2.84. The first kappa shape index (κ1) is 15.6. The van der Waals surface area contributed by atoms with Crippen molar-refractivity contribution >= 4 is 5.69 Å². The molecule has 0 saturated carbocycles. The lowest BCUT2D eigenvalue weighted by Crippen LogP contribution is -2.34. The average Bonchev–Trinajstić information content (AvgIpc) is 2.50. The molecule has 2 aromatic carbocycles. The molecule has 0 aliphatic carbocycles. The fourth-order valence-electron chi connectivity index (χ4n) is 2.84. The van der Waals surface area contributed by atoms with E-state index in [9.17, 15) is 0 Å². The Kier molecular flexibility index (Phi) is 5.40. The number of rotatable bonds is 6. The van der Waals surface area contributed by atoms with Crippen molar-refractivity contribution in [2.24, 2.45) is 0 Å². The van der Waals surface area contributed by atoms with Crippen molar-refractivity contribution in [3.8, 4) is 0 Å². The molecule has 0 aromatic heterocycles. The highest BCUT2D eigenvalue weighted by molar-refractivity contribution is 5.46. The van der Waals surface area contributed by atoms with Gasteiger partial charge in [0.15, 0.2) is 0 Å². The molecule has 2 rings (SSSR count). The summed E-state index contributed by atoms with van der Waals surface area (Å²) in [5.74, 6) is 0. The number of hydrogen-bond acceptors (Lipinski definition) is 2. The third kappa shape index (κ3) is 3.85. The van der Waals surface area contributed by atoms with Gasteiger partial charge in [-0.3, -0.25) is 0 Å². The molecule has 0 spiro atoms. The van der Waals surface area contributed by atoms with Crippen LogP contribution in [0.2, 0.25) is 0 Å². The minimum Gasteiger partial charge on any atom is -0.370 e. The van der Waals surface area contributed by atoms with Gasteiger partial charge in [-0.2, -0.15) is 0 Å². The second-order valence-electron chi connectivity index (χ2n) is 5.58. The lowest BCUT2D eigenvalue weighted by atomic mass is 9.98. The Balaban J connectivity index is 2.21. The summed E-state index contributed by atoms with van der Waals surface area (Å²) < 4.78 is 0. The normalized spacial score (nSPS) is 12.2. The molecule has 0 bridgehead atoms. The maximum absolute atomic E-state index is 3.47. The largest absolute Gasteiger partial charge is 0.370 e. The minimum absolute atomic E-state index is 0.339. The molecule has 2 aromatic rings. The molecule has 1 atom stereocenters. The van der Waals surface area contributed by atoms with Crippen molar-refractivity contribution < 1.29 is 0 Å². The van der Waals surface area contributed by atoms with Crippen LogP contribution in [0.15, 0.2) is 48.5 Å². The van der Waals surface area contributed by atoms with E-state index in [1.165, 1.54) is 22.4 Å². The topological polar surface area (TPSA) is 15.3 Å². The van der Waals surface area contributed by atoms with Gasteiger partial charge in [0.1, 0.15) is 0 Å². The number of para-hydroxylation sites is 1. The number of aryl methyl sites for hydroxylation is 2. The first-order chi connectivity index (χ1) is 10.2. The van der Waals surface area contributed by atoms with Gasteiger partial charge < -0.3 is 10.2 Å². The van der Waals surface area contributed by atoms with E-state index in [0.29, 0.717) is 6.04 Å². The predicted octanol–water partition coefficient (Wildman–Crippen LogP) is 4.09. The Morgan fingerprint density at radius 3 is 2.33 bits per heavy atom. The monoisotopic (exact) mass is 282 g/mol. The van der Waals surface area contributed by atoms with Crippen LogP contribution in [0.4, 0.5) is 5.69 Å². The molecule has 0 aliphatic heterocycles. The maximum Gasteiger partial charge on any atom is 0.0498 e. The first-order valence-corrected chi connectivity index (χ1v) is 7.70. The number of anilines is 1. The first-order valence-electron chi connectivity index (χ1n) is 7.70. The lowest BCUT2D eigenvalue weighted by Gasteiger charge is -2.29. The highest BCUT2D eigenvalue weighted by Gasteiger charge is 2.15. The summed E-state index contributed by atoms with van der Waals surface area (Å²) in [7, 11) is 2.04. The third-order valence-corrected chi connectivity index (χ3v) is 4.06. The minimum atomic E-state index is 0.339. The Morgan fingerprint density at radius 1 is 1.05 bits per heavy atom. The molecule has 2 heteroatoms. The number of hydrogen-bond donors (Lipinski definition) is 1. The molecule has 0 radical (unpaired) electrons. The van der Waals surface area contributed by atoms with Crippen LogP contribution in [0.1, 0.15) is 29.7 Å². The average molecular weight is 282 g/mol.